The molecule has 6 heteroatoms. The molecule has 0 saturated carbocycles. The van der Waals surface area contributed by atoms with E-state index in [2.05, 4.69) is 42.5 Å². The summed E-state index contributed by atoms with van der Waals surface area (Å²) >= 11 is 0.255. The van der Waals surface area contributed by atoms with Gasteiger partial charge < -0.3 is 0 Å². The SMILES string of the molecule is Cc1cc(C)[c]([Ge]([Br])([NH]c2c(F)cc(F)cc2F)[c]2c(C)cc(C)cc2C)c(C)c1. The van der Waals surface area contributed by atoms with Gasteiger partial charge in [0.05, 0.1) is 0 Å². The van der Waals surface area contributed by atoms with Gasteiger partial charge in [-0.3, -0.25) is 0 Å². The van der Waals surface area contributed by atoms with Gasteiger partial charge in [-0.05, 0) is 0 Å². The van der Waals surface area contributed by atoms with Crippen molar-refractivity contribution in [2.24, 2.45) is 0 Å². The van der Waals surface area contributed by atoms with Crippen LogP contribution < -0.4 is 13.1 Å². The molecular weight excluding hydrogens is 512 g/mol. The number of rotatable bonds is 4. The van der Waals surface area contributed by atoms with Crippen molar-refractivity contribution in [3.8, 4) is 0 Å². The van der Waals surface area contributed by atoms with Crippen LogP contribution >= 0.6 is 14.0 Å². The summed E-state index contributed by atoms with van der Waals surface area (Å²) in [6.07, 6.45) is 0. The maximum absolute atomic E-state index is 14.7. The third kappa shape index (κ3) is 4.19. The zero-order valence-electron chi connectivity index (χ0n) is 18.0. The van der Waals surface area contributed by atoms with Gasteiger partial charge in [0.1, 0.15) is 0 Å². The van der Waals surface area contributed by atoms with Crippen LogP contribution in [0.25, 0.3) is 0 Å². The predicted molar refractivity (Wildman–Crippen MR) is 125 cm³/mol. The Hall–Kier alpha value is -1.73. The second-order valence-corrected chi connectivity index (χ2v) is 19.6. The van der Waals surface area contributed by atoms with Crippen molar-refractivity contribution in [1.82, 2.24) is 0 Å². The second-order valence-electron chi connectivity index (χ2n) is 8.08. The predicted octanol–water partition coefficient (Wildman–Crippen LogP) is 6.02. The van der Waals surface area contributed by atoms with E-state index in [0.29, 0.717) is 12.1 Å². The summed E-state index contributed by atoms with van der Waals surface area (Å²) in [6.45, 7) is 12.1. The van der Waals surface area contributed by atoms with Crippen molar-refractivity contribution in [2.75, 3.05) is 4.27 Å². The van der Waals surface area contributed by atoms with Gasteiger partial charge in [-0.15, -0.1) is 0 Å². The standard InChI is InChI=1S/C24H25BrF3GeN/c1-13-7-15(3)22(16(4)8-13)29(25,23-17(5)9-14(2)10-18(23)6)30-24-20(27)11-19(26)12-21(24)28/h7-12,30H,1-6H3. The van der Waals surface area contributed by atoms with Crippen molar-refractivity contribution in [1.29, 1.82) is 0 Å². The molecule has 3 rings (SSSR count). The van der Waals surface area contributed by atoms with E-state index in [1.165, 1.54) is 0 Å². The fourth-order valence-electron chi connectivity index (χ4n) is 4.53. The van der Waals surface area contributed by atoms with Gasteiger partial charge in [0, 0.05) is 0 Å². The monoisotopic (exact) mass is 537 g/mol. The Morgan fingerprint density at radius 2 is 0.967 bits per heavy atom. The van der Waals surface area contributed by atoms with Crippen molar-refractivity contribution < 1.29 is 13.2 Å². The molecule has 0 fully saturated rings. The van der Waals surface area contributed by atoms with Crippen LogP contribution in [0.1, 0.15) is 33.4 Å². The molecule has 0 aliphatic carbocycles. The summed E-state index contributed by atoms with van der Waals surface area (Å²) in [5, 5.41) is 0. The van der Waals surface area contributed by atoms with Gasteiger partial charge in [-0.2, -0.15) is 0 Å². The molecule has 0 atom stereocenters. The number of hydrogen-bond acceptors (Lipinski definition) is 1. The van der Waals surface area contributed by atoms with Gasteiger partial charge >= 0.3 is 186 Å². The van der Waals surface area contributed by atoms with Crippen LogP contribution in [0.5, 0.6) is 0 Å². The number of anilines is 1. The molecule has 0 spiro atoms. The molecule has 0 aromatic heterocycles. The summed E-state index contributed by atoms with van der Waals surface area (Å²) in [5.41, 5.74) is 6.17. The van der Waals surface area contributed by atoms with Crippen molar-refractivity contribution in [3.63, 3.8) is 0 Å². The first-order valence-corrected chi connectivity index (χ1v) is 17.8. The van der Waals surface area contributed by atoms with E-state index in [1.807, 2.05) is 41.5 Å². The Morgan fingerprint density at radius 1 is 0.633 bits per heavy atom. The molecule has 0 saturated heterocycles. The zero-order chi connectivity index (χ0) is 22.4. The molecular formula is C24H25BrF3GeN. The van der Waals surface area contributed by atoms with Crippen molar-refractivity contribution in [2.45, 2.75) is 41.5 Å². The number of halogens is 4. The third-order valence-corrected chi connectivity index (χ3v) is 17.9. The summed E-state index contributed by atoms with van der Waals surface area (Å²) < 4.78 is 48.2. The normalized spacial score (nSPS) is 11.7. The van der Waals surface area contributed by atoms with Crippen molar-refractivity contribution >= 4 is 40.1 Å². The molecule has 0 radical (unpaired) electrons. The fraction of sp³-hybridized carbons (Fsp3) is 0.250. The molecule has 0 aliphatic rings. The minimum absolute atomic E-state index is 0.299. The second kappa shape index (κ2) is 8.42. The zero-order valence-corrected chi connectivity index (χ0v) is 21.7. The van der Waals surface area contributed by atoms with Gasteiger partial charge in [0.25, 0.3) is 0 Å². The van der Waals surface area contributed by atoms with Gasteiger partial charge in [-0.1, -0.05) is 0 Å². The number of aryl methyl sites for hydroxylation is 6. The van der Waals surface area contributed by atoms with E-state index in [-0.39, 0.29) is 5.69 Å². The van der Waals surface area contributed by atoms with Crippen LogP contribution in [0.3, 0.4) is 0 Å². The van der Waals surface area contributed by atoms with Gasteiger partial charge in [-0.25, -0.2) is 0 Å². The molecule has 1 N–H and O–H groups in total. The molecule has 0 amide bonds. The molecule has 0 bridgehead atoms. The Bertz CT molecular complexity index is 1020. The van der Waals surface area contributed by atoms with Gasteiger partial charge in [0.15, 0.2) is 0 Å². The Kier molecular flexibility index (Phi) is 6.44. The van der Waals surface area contributed by atoms with Crippen LogP contribution in [0.2, 0.25) is 0 Å². The van der Waals surface area contributed by atoms with Crippen LogP contribution in [0.4, 0.5) is 18.9 Å². The molecule has 3 aromatic rings. The van der Waals surface area contributed by atoms with Crippen LogP contribution in [-0.2, 0) is 0 Å². The molecule has 0 unspecified atom stereocenters. The summed E-state index contributed by atoms with van der Waals surface area (Å²) in [6, 6.07) is 9.77. The quantitative estimate of drug-likeness (QED) is 0.402. The molecule has 0 aliphatic heterocycles. The van der Waals surface area contributed by atoms with E-state index in [4.69, 9.17) is 0 Å². The Balaban J connectivity index is 2.37. The molecule has 1 nitrogen and oxygen atoms in total. The van der Waals surface area contributed by atoms with Crippen molar-refractivity contribution in [3.05, 3.63) is 87.2 Å². The van der Waals surface area contributed by atoms with Crippen LogP contribution in [0, 0.1) is 59.0 Å². The van der Waals surface area contributed by atoms with E-state index in [9.17, 15) is 13.2 Å². The number of nitrogens with one attached hydrogen (secondary N) is 1. The third-order valence-electron chi connectivity index (χ3n) is 5.35. The number of hydrogen-bond donors (Lipinski definition) is 1. The average Bonchev–Trinajstić information content (AvgIpc) is 2.56. The summed E-state index contributed by atoms with van der Waals surface area (Å²) in [4.78, 5) is 0. The van der Waals surface area contributed by atoms with Crippen LogP contribution in [0.15, 0.2) is 36.4 Å². The van der Waals surface area contributed by atoms with E-state index >= 15 is 0 Å². The number of benzene rings is 3. The molecule has 30 heavy (non-hydrogen) atoms. The topological polar surface area (TPSA) is 12.0 Å². The van der Waals surface area contributed by atoms with E-state index in [0.717, 1.165) is 42.2 Å². The summed E-state index contributed by atoms with van der Waals surface area (Å²) in [5.74, 6) is -2.81. The average molecular weight is 537 g/mol. The maximum atomic E-state index is 14.7. The fourth-order valence-corrected chi connectivity index (χ4v) is 19.5. The first-order chi connectivity index (χ1) is 13.9. The first kappa shape index (κ1) is 22.9. The Labute approximate surface area is 185 Å². The summed E-state index contributed by atoms with van der Waals surface area (Å²) in [7, 11) is 0. The molecule has 0 heterocycles. The van der Waals surface area contributed by atoms with E-state index < -0.39 is 29.1 Å². The van der Waals surface area contributed by atoms with E-state index in [1.54, 1.807) is 0 Å². The molecule has 158 valence electrons. The Morgan fingerprint density at radius 3 is 1.30 bits per heavy atom. The first-order valence-electron chi connectivity index (χ1n) is 9.72. The van der Waals surface area contributed by atoms with Gasteiger partial charge in [0.2, 0.25) is 0 Å². The van der Waals surface area contributed by atoms with Crippen LogP contribution in [-0.4, -0.2) is 11.6 Å². The minimum atomic E-state index is -3.77. The molecule has 3 aromatic carbocycles.